The molecule has 0 aliphatic carbocycles. The van der Waals surface area contributed by atoms with E-state index in [9.17, 15) is 9.59 Å². The molecule has 1 N–H and O–H groups in total. The highest BCUT2D eigenvalue weighted by molar-refractivity contribution is 7.99. The van der Waals surface area contributed by atoms with Gasteiger partial charge in [0.25, 0.3) is 5.91 Å². The van der Waals surface area contributed by atoms with E-state index in [0.717, 1.165) is 4.90 Å². The van der Waals surface area contributed by atoms with Crippen molar-refractivity contribution in [1.29, 1.82) is 0 Å². The third-order valence-electron chi connectivity index (χ3n) is 2.02. The van der Waals surface area contributed by atoms with Gasteiger partial charge < -0.3 is 5.32 Å². The number of nitrogens with one attached hydrogen (secondary N) is 1. The summed E-state index contributed by atoms with van der Waals surface area (Å²) < 4.78 is 0. The maximum absolute atomic E-state index is 11.3. The smallest absolute Gasteiger partial charge is 0.324 e. The third kappa shape index (κ3) is 1.41. The molecule has 0 spiro atoms. The fourth-order valence-corrected chi connectivity index (χ4v) is 1.51. The molecule has 1 saturated heterocycles. The Morgan fingerprint density at radius 1 is 1.58 bits per heavy atom. The number of hydrogen-bond acceptors (Lipinski definition) is 3. The van der Waals surface area contributed by atoms with Crippen LogP contribution in [-0.4, -0.2) is 41.4 Å². The van der Waals surface area contributed by atoms with E-state index in [-0.39, 0.29) is 23.2 Å². The molecule has 2 atom stereocenters. The van der Waals surface area contributed by atoms with Gasteiger partial charge in [-0.25, -0.2) is 4.79 Å². The van der Waals surface area contributed by atoms with Crippen LogP contribution in [0.4, 0.5) is 4.79 Å². The number of carbonyl (C=O) groups is 2. The van der Waals surface area contributed by atoms with Gasteiger partial charge in [-0.3, -0.25) is 9.69 Å². The molecule has 2 unspecified atom stereocenters. The molecule has 1 aliphatic heterocycles. The first-order valence-electron chi connectivity index (χ1n) is 3.68. The van der Waals surface area contributed by atoms with Gasteiger partial charge in [-0.05, 0) is 6.26 Å². The number of urea groups is 1. The predicted octanol–water partition coefficient (Wildman–Crippen LogP) is 0.288. The first-order valence-corrected chi connectivity index (χ1v) is 4.97. The zero-order valence-corrected chi connectivity index (χ0v) is 8.14. The van der Waals surface area contributed by atoms with Crippen molar-refractivity contribution in [2.75, 3.05) is 13.3 Å². The lowest BCUT2D eigenvalue weighted by atomic mass is 10.2. The molecule has 0 aromatic rings. The second kappa shape index (κ2) is 3.35. The molecule has 5 heteroatoms. The van der Waals surface area contributed by atoms with Crippen LogP contribution >= 0.6 is 11.8 Å². The summed E-state index contributed by atoms with van der Waals surface area (Å²) in [6.45, 7) is 1.92. The van der Waals surface area contributed by atoms with Crippen LogP contribution in [0.2, 0.25) is 0 Å². The number of thioether (sulfide) groups is 1. The van der Waals surface area contributed by atoms with E-state index in [0.29, 0.717) is 0 Å². The van der Waals surface area contributed by atoms with Crippen LogP contribution in [0.3, 0.4) is 0 Å². The van der Waals surface area contributed by atoms with Gasteiger partial charge in [-0.1, -0.05) is 6.92 Å². The topological polar surface area (TPSA) is 49.4 Å². The SMILES string of the molecule is CSC(C)C1NC(=O)N(C)C1=O. The maximum atomic E-state index is 11.3. The van der Waals surface area contributed by atoms with Crippen molar-refractivity contribution in [2.24, 2.45) is 0 Å². The first kappa shape index (κ1) is 9.38. The van der Waals surface area contributed by atoms with Crippen molar-refractivity contribution in [3.63, 3.8) is 0 Å². The Morgan fingerprint density at radius 2 is 2.17 bits per heavy atom. The molecule has 1 fully saturated rings. The minimum absolute atomic E-state index is 0.131. The van der Waals surface area contributed by atoms with E-state index >= 15 is 0 Å². The highest BCUT2D eigenvalue weighted by Crippen LogP contribution is 2.16. The van der Waals surface area contributed by atoms with Crippen molar-refractivity contribution in [1.82, 2.24) is 10.2 Å². The van der Waals surface area contributed by atoms with E-state index in [1.165, 1.54) is 7.05 Å². The lowest BCUT2D eigenvalue weighted by Gasteiger charge is -2.13. The molecule has 0 radical (unpaired) electrons. The molecule has 0 aromatic carbocycles. The van der Waals surface area contributed by atoms with Gasteiger partial charge in [-0.15, -0.1) is 0 Å². The molecule has 68 valence electrons. The summed E-state index contributed by atoms with van der Waals surface area (Å²) in [6.07, 6.45) is 1.92. The van der Waals surface area contributed by atoms with Gasteiger partial charge >= 0.3 is 6.03 Å². The van der Waals surface area contributed by atoms with E-state index in [1.54, 1.807) is 11.8 Å². The van der Waals surface area contributed by atoms with Crippen LogP contribution in [0.25, 0.3) is 0 Å². The number of nitrogens with zero attached hydrogens (tertiary/aromatic N) is 1. The summed E-state index contributed by atoms with van der Waals surface area (Å²) in [7, 11) is 1.49. The molecule has 12 heavy (non-hydrogen) atoms. The Labute approximate surface area is 75.7 Å². The second-order valence-corrected chi connectivity index (χ2v) is 3.98. The molecule has 0 aromatic heterocycles. The standard InChI is InChI=1S/C7H12N2O2S/c1-4(12-3)5-6(10)9(2)7(11)8-5/h4-5H,1-3H3,(H,8,11). The minimum Gasteiger partial charge on any atom is -0.325 e. The number of imide groups is 1. The molecule has 1 heterocycles. The average molecular weight is 188 g/mol. The van der Waals surface area contributed by atoms with Crippen LogP contribution < -0.4 is 5.32 Å². The van der Waals surface area contributed by atoms with Crippen LogP contribution in [0.5, 0.6) is 0 Å². The van der Waals surface area contributed by atoms with Crippen molar-refractivity contribution >= 4 is 23.7 Å². The Balaban J connectivity index is 2.71. The largest absolute Gasteiger partial charge is 0.325 e. The fraction of sp³-hybridized carbons (Fsp3) is 0.714. The number of carbonyl (C=O) groups excluding carboxylic acids is 2. The normalized spacial score (nSPS) is 25.9. The van der Waals surface area contributed by atoms with Crippen molar-refractivity contribution < 1.29 is 9.59 Å². The van der Waals surface area contributed by atoms with E-state index in [4.69, 9.17) is 0 Å². The zero-order chi connectivity index (χ0) is 9.30. The number of rotatable bonds is 2. The summed E-state index contributed by atoms with van der Waals surface area (Å²) in [5.41, 5.74) is 0. The molecule has 4 nitrogen and oxygen atoms in total. The highest BCUT2D eigenvalue weighted by atomic mass is 32.2. The monoisotopic (exact) mass is 188 g/mol. The van der Waals surface area contributed by atoms with Crippen LogP contribution in [0.15, 0.2) is 0 Å². The van der Waals surface area contributed by atoms with Crippen LogP contribution in [-0.2, 0) is 4.79 Å². The molecular weight excluding hydrogens is 176 g/mol. The minimum atomic E-state index is -0.350. The van der Waals surface area contributed by atoms with Gasteiger partial charge in [0.1, 0.15) is 6.04 Å². The average Bonchev–Trinajstić information content (AvgIpc) is 2.32. The molecule has 1 aliphatic rings. The quantitative estimate of drug-likeness (QED) is 0.634. The van der Waals surface area contributed by atoms with E-state index in [2.05, 4.69) is 5.32 Å². The van der Waals surface area contributed by atoms with E-state index in [1.807, 2.05) is 13.2 Å². The van der Waals surface area contributed by atoms with Crippen molar-refractivity contribution in [3.05, 3.63) is 0 Å². The first-order chi connectivity index (χ1) is 5.57. The van der Waals surface area contributed by atoms with Crippen LogP contribution in [0, 0.1) is 0 Å². The number of likely N-dealkylation sites (N-methyl/N-ethyl adjacent to an activating group) is 1. The maximum Gasteiger partial charge on any atom is 0.324 e. The fourth-order valence-electron chi connectivity index (χ4n) is 1.05. The third-order valence-corrected chi connectivity index (χ3v) is 3.04. The molecular formula is C7H12N2O2S. The zero-order valence-electron chi connectivity index (χ0n) is 7.33. The second-order valence-electron chi connectivity index (χ2n) is 2.77. The van der Waals surface area contributed by atoms with E-state index < -0.39 is 0 Å². The lowest BCUT2D eigenvalue weighted by molar-refractivity contribution is -0.126. The Hall–Kier alpha value is -0.710. The molecule has 0 saturated carbocycles. The molecule has 3 amide bonds. The van der Waals surface area contributed by atoms with Gasteiger partial charge in [0.05, 0.1) is 0 Å². The highest BCUT2D eigenvalue weighted by Gasteiger charge is 2.38. The Bertz CT molecular complexity index is 219. The summed E-state index contributed by atoms with van der Waals surface area (Å²) in [5, 5.41) is 2.75. The van der Waals surface area contributed by atoms with Gasteiger partial charge in [-0.2, -0.15) is 11.8 Å². The van der Waals surface area contributed by atoms with Gasteiger partial charge in [0.2, 0.25) is 0 Å². The van der Waals surface area contributed by atoms with Gasteiger partial charge in [0, 0.05) is 12.3 Å². The summed E-state index contributed by atoms with van der Waals surface area (Å²) in [4.78, 5) is 23.5. The van der Waals surface area contributed by atoms with Gasteiger partial charge in [0.15, 0.2) is 0 Å². The summed E-state index contributed by atoms with van der Waals surface area (Å²) in [5.74, 6) is -0.137. The summed E-state index contributed by atoms with van der Waals surface area (Å²) in [6, 6.07) is -0.650. The number of amides is 3. The lowest BCUT2D eigenvalue weighted by Crippen LogP contribution is -2.37. The van der Waals surface area contributed by atoms with Crippen molar-refractivity contribution in [2.45, 2.75) is 18.2 Å². The number of hydrogen-bond donors (Lipinski definition) is 1. The molecule has 1 rings (SSSR count). The molecule has 0 bridgehead atoms. The predicted molar refractivity (Wildman–Crippen MR) is 48.1 cm³/mol. The Morgan fingerprint density at radius 3 is 2.50 bits per heavy atom. The van der Waals surface area contributed by atoms with Crippen molar-refractivity contribution in [3.8, 4) is 0 Å². The Kier molecular flexibility index (Phi) is 2.62. The summed E-state index contributed by atoms with van der Waals surface area (Å²) >= 11 is 1.57. The van der Waals surface area contributed by atoms with Crippen LogP contribution in [0.1, 0.15) is 6.92 Å².